The number of hydrogen-bond donors (Lipinski definition) is 2. The molecular weight excluding hydrogens is 234 g/mol. The van der Waals surface area contributed by atoms with Crippen molar-refractivity contribution in [1.29, 1.82) is 0 Å². The Hall–Kier alpha value is -0.200. The highest BCUT2D eigenvalue weighted by Gasteiger charge is 2.43. The largest absolute Gasteiger partial charge is 0.394 e. The van der Waals surface area contributed by atoms with Gasteiger partial charge >= 0.3 is 0 Å². The van der Waals surface area contributed by atoms with E-state index in [1.54, 1.807) is 7.11 Å². The van der Waals surface area contributed by atoms with Gasteiger partial charge in [0.15, 0.2) is 0 Å². The van der Waals surface area contributed by atoms with E-state index in [2.05, 4.69) is 5.32 Å². The van der Waals surface area contributed by atoms with Crippen molar-refractivity contribution in [3.05, 3.63) is 0 Å². The molecule has 1 aliphatic rings. The van der Waals surface area contributed by atoms with Gasteiger partial charge in [-0.25, -0.2) is 0 Å². The van der Waals surface area contributed by atoms with E-state index in [9.17, 15) is 5.11 Å². The third-order valence-electron chi connectivity index (χ3n) is 3.51. The fraction of sp³-hybridized carbons (Fsp3) is 1.00. The molecule has 0 saturated heterocycles. The summed E-state index contributed by atoms with van der Waals surface area (Å²) in [6.45, 7) is 3.34. The summed E-state index contributed by atoms with van der Waals surface area (Å²) in [5, 5.41) is 12.7. The van der Waals surface area contributed by atoms with Crippen molar-refractivity contribution >= 4 is 0 Å². The number of methoxy groups -OCH3 is 1. The fourth-order valence-electron chi connectivity index (χ4n) is 2.05. The van der Waals surface area contributed by atoms with Gasteiger partial charge in [0.1, 0.15) is 0 Å². The molecule has 0 bridgehead atoms. The van der Waals surface area contributed by atoms with E-state index in [4.69, 9.17) is 14.2 Å². The van der Waals surface area contributed by atoms with Gasteiger partial charge in [-0.15, -0.1) is 0 Å². The van der Waals surface area contributed by atoms with Gasteiger partial charge in [0.2, 0.25) is 0 Å². The van der Waals surface area contributed by atoms with Crippen LogP contribution in [-0.2, 0) is 14.2 Å². The fourth-order valence-corrected chi connectivity index (χ4v) is 2.05. The minimum atomic E-state index is -0.239. The molecule has 18 heavy (non-hydrogen) atoms. The number of rotatable bonds is 12. The van der Waals surface area contributed by atoms with Crippen molar-refractivity contribution in [2.24, 2.45) is 5.92 Å². The first-order chi connectivity index (χ1) is 8.79. The third-order valence-corrected chi connectivity index (χ3v) is 3.51. The van der Waals surface area contributed by atoms with Crippen LogP contribution in [0.5, 0.6) is 0 Å². The molecule has 0 spiro atoms. The van der Waals surface area contributed by atoms with E-state index in [1.165, 1.54) is 12.8 Å². The maximum atomic E-state index is 9.51. The summed E-state index contributed by atoms with van der Waals surface area (Å²) in [6, 6.07) is 0. The Balaban J connectivity index is 2.01. The first-order valence-electron chi connectivity index (χ1n) is 6.73. The number of likely N-dealkylation sites (N-methyl/N-ethyl adjacent to an activating group) is 1. The SMILES string of the molecule is CNC(CO)(COCCCOCCOC)C1CC1. The lowest BCUT2D eigenvalue weighted by Gasteiger charge is -2.31. The molecule has 5 heteroatoms. The number of aliphatic hydroxyl groups excluding tert-OH is 1. The lowest BCUT2D eigenvalue weighted by molar-refractivity contribution is 0.0128. The average molecular weight is 261 g/mol. The highest BCUT2D eigenvalue weighted by Crippen LogP contribution is 2.39. The minimum absolute atomic E-state index is 0.137. The number of nitrogens with one attached hydrogen (secondary N) is 1. The highest BCUT2D eigenvalue weighted by atomic mass is 16.5. The summed E-state index contributed by atoms with van der Waals surface area (Å²) in [4.78, 5) is 0. The zero-order valence-corrected chi connectivity index (χ0v) is 11.6. The summed E-state index contributed by atoms with van der Waals surface area (Å²) in [7, 11) is 3.56. The van der Waals surface area contributed by atoms with Crippen LogP contribution < -0.4 is 5.32 Å². The molecular formula is C13H27NO4. The summed E-state index contributed by atoms with van der Waals surface area (Å²) in [5.74, 6) is 0.561. The second-order valence-electron chi connectivity index (χ2n) is 4.85. The lowest BCUT2D eigenvalue weighted by atomic mass is 9.96. The predicted octanol–water partition coefficient (Wildman–Crippen LogP) is 0.417. The summed E-state index contributed by atoms with van der Waals surface area (Å²) in [6.07, 6.45) is 3.25. The van der Waals surface area contributed by atoms with E-state index >= 15 is 0 Å². The normalized spacial score (nSPS) is 18.8. The molecule has 2 N–H and O–H groups in total. The van der Waals surface area contributed by atoms with Crippen LogP contribution >= 0.6 is 0 Å². The van der Waals surface area contributed by atoms with Crippen LogP contribution in [-0.4, -0.2) is 64.4 Å². The topological polar surface area (TPSA) is 60.0 Å². The Morgan fingerprint density at radius 2 is 1.89 bits per heavy atom. The van der Waals surface area contributed by atoms with E-state index in [0.717, 1.165) is 6.42 Å². The second kappa shape index (κ2) is 8.82. The van der Waals surface area contributed by atoms with Crippen molar-refractivity contribution in [1.82, 2.24) is 5.32 Å². The van der Waals surface area contributed by atoms with E-state index in [0.29, 0.717) is 39.0 Å². The summed E-state index contributed by atoms with van der Waals surface area (Å²) < 4.78 is 15.9. The van der Waals surface area contributed by atoms with E-state index in [-0.39, 0.29) is 12.1 Å². The maximum absolute atomic E-state index is 9.51. The van der Waals surface area contributed by atoms with Gasteiger partial charge in [-0.3, -0.25) is 0 Å². The summed E-state index contributed by atoms with van der Waals surface area (Å²) >= 11 is 0. The minimum Gasteiger partial charge on any atom is -0.394 e. The number of hydrogen-bond acceptors (Lipinski definition) is 5. The van der Waals surface area contributed by atoms with Gasteiger partial charge in [-0.1, -0.05) is 0 Å². The molecule has 1 saturated carbocycles. The van der Waals surface area contributed by atoms with E-state index < -0.39 is 0 Å². The quantitative estimate of drug-likeness (QED) is 0.499. The Labute approximate surface area is 110 Å². The Morgan fingerprint density at radius 1 is 1.17 bits per heavy atom. The van der Waals surface area contributed by atoms with Gasteiger partial charge in [0, 0.05) is 20.3 Å². The van der Waals surface area contributed by atoms with Gasteiger partial charge in [0.25, 0.3) is 0 Å². The molecule has 0 aromatic rings. The third kappa shape index (κ3) is 5.20. The van der Waals surface area contributed by atoms with Crippen molar-refractivity contribution in [3.63, 3.8) is 0 Å². The average Bonchev–Trinajstić information content (AvgIpc) is 3.23. The van der Waals surface area contributed by atoms with Crippen molar-refractivity contribution in [2.45, 2.75) is 24.8 Å². The highest BCUT2D eigenvalue weighted by molar-refractivity contribution is 5.00. The molecule has 1 fully saturated rings. The molecule has 1 atom stereocenters. The monoisotopic (exact) mass is 261 g/mol. The molecule has 0 aromatic carbocycles. The summed E-state index contributed by atoms with van der Waals surface area (Å²) in [5.41, 5.74) is -0.239. The molecule has 5 nitrogen and oxygen atoms in total. The molecule has 0 amide bonds. The maximum Gasteiger partial charge on any atom is 0.0700 e. The van der Waals surface area contributed by atoms with Crippen LogP contribution in [0.2, 0.25) is 0 Å². The Kier molecular flexibility index (Phi) is 7.77. The second-order valence-corrected chi connectivity index (χ2v) is 4.85. The molecule has 108 valence electrons. The van der Waals surface area contributed by atoms with Gasteiger partial charge < -0.3 is 24.6 Å². The molecule has 0 aliphatic heterocycles. The number of ether oxygens (including phenoxy) is 3. The molecule has 1 rings (SSSR count). The van der Waals surface area contributed by atoms with Gasteiger partial charge in [-0.05, 0) is 32.2 Å². The van der Waals surface area contributed by atoms with Crippen LogP contribution in [0, 0.1) is 5.92 Å². The van der Waals surface area contributed by atoms with Crippen LogP contribution in [0.3, 0.4) is 0 Å². The smallest absolute Gasteiger partial charge is 0.0700 e. The zero-order valence-electron chi connectivity index (χ0n) is 11.6. The van der Waals surface area contributed by atoms with Crippen molar-refractivity contribution in [2.75, 3.05) is 53.8 Å². The lowest BCUT2D eigenvalue weighted by Crippen LogP contribution is -2.52. The zero-order chi connectivity index (χ0) is 13.3. The number of aliphatic hydroxyl groups is 1. The molecule has 0 aromatic heterocycles. The van der Waals surface area contributed by atoms with Crippen LogP contribution in [0.1, 0.15) is 19.3 Å². The van der Waals surface area contributed by atoms with Crippen LogP contribution in [0.4, 0.5) is 0 Å². The molecule has 0 heterocycles. The molecule has 1 aliphatic carbocycles. The van der Waals surface area contributed by atoms with E-state index in [1.807, 2.05) is 7.05 Å². The first-order valence-corrected chi connectivity index (χ1v) is 6.73. The van der Waals surface area contributed by atoms with Crippen molar-refractivity contribution in [3.8, 4) is 0 Å². The van der Waals surface area contributed by atoms with Gasteiger partial charge in [-0.2, -0.15) is 0 Å². The van der Waals surface area contributed by atoms with Crippen LogP contribution in [0.25, 0.3) is 0 Å². The Bertz CT molecular complexity index is 205. The standard InChI is InChI=1S/C13H27NO4/c1-14-13(10-15,12-4-5-12)11-18-7-3-6-17-9-8-16-2/h12,14-15H,3-11H2,1-2H3. The van der Waals surface area contributed by atoms with Gasteiger partial charge in [0.05, 0.1) is 32.0 Å². The first kappa shape index (κ1) is 15.9. The predicted molar refractivity (Wildman–Crippen MR) is 69.7 cm³/mol. The van der Waals surface area contributed by atoms with Crippen LogP contribution in [0.15, 0.2) is 0 Å². The Morgan fingerprint density at radius 3 is 2.44 bits per heavy atom. The van der Waals surface area contributed by atoms with Crippen molar-refractivity contribution < 1.29 is 19.3 Å². The molecule has 1 unspecified atom stereocenters. The molecule has 0 radical (unpaired) electrons.